The van der Waals surface area contributed by atoms with Gasteiger partial charge in [-0.25, -0.2) is 0 Å². The number of hydrogen-bond acceptors (Lipinski definition) is 2. The molecule has 0 spiro atoms. The van der Waals surface area contributed by atoms with E-state index in [1.807, 2.05) is 19.9 Å². The predicted molar refractivity (Wildman–Crippen MR) is 72.2 cm³/mol. The van der Waals surface area contributed by atoms with E-state index in [-0.39, 0.29) is 11.8 Å². The van der Waals surface area contributed by atoms with Crippen LogP contribution in [0.2, 0.25) is 0 Å². The number of carboxylic acid groups (broad SMARTS) is 1. The summed E-state index contributed by atoms with van der Waals surface area (Å²) in [7, 11) is 0. The Hall–Kier alpha value is -1.51. The fraction of sp³-hybridized carbons (Fsp3) is 0.533. The Morgan fingerprint density at radius 2 is 1.83 bits per heavy atom. The van der Waals surface area contributed by atoms with Crippen molar-refractivity contribution in [1.29, 1.82) is 0 Å². The van der Waals surface area contributed by atoms with Crippen LogP contribution in [0.15, 0.2) is 6.07 Å². The quantitative estimate of drug-likeness (QED) is 0.865. The predicted octanol–water partition coefficient (Wildman–Crippen LogP) is 3.32. The van der Waals surface area contributed by atoms with E-state index < -0.39 is 5.97 Å². The Kier molecular flexibility index (Phi) is 4.05. The van der Waals surface area contributed by atoms with Gasteiger partial charge in [0.2, 0.25) is 0 Å². The number of rotatable bonds is 3. The van der Waals surface area contributed by atoms with E-state index in [4.69, 9.17) is 5.11 Å². The van der Waals surface area contributed by atoms with E-state index in [1.54, 1.807) is 0 Å². The zero-order chi connectivity index (χ0) is 14.1. The molecule has 0 radical (unpaired) electrons. The molecule has 3 nitrogen and oxygen atoms in total. The molecule has 0 amide bonds. The Morgan fingerprint density at radius 1 is 1.28 bits per heavy atom. The number of aromatic hydroxyl groups is 1. The largest absolute Gasteiger partial charge is 0.507 e. The molecule has 0 aromatic heterocycles. The molecule has 0 aliphatic carbocycles. The van der Waals surface area contributed by atoms with Gasteiger partial charge in [0.25, 0.3) is 0 Å². The summed E-state index contributed by atoms with van der Waals surface area (Å²) in [6, 6.07) is 1.97. The van der Waals surface area contributed by atoms with Crippen molar-refractivity contribution in [2.24, 2.45) is 0 Å². The number of benzene rings is 1. The van der Waals surface area contributed by atoms with Gasteiger partial charge in [-0.3, -0.25) is 4.79 Å². The van der Waals surface area contributed by atoms with Crippen LogP contribution in [0.3, 0.4) is 0 Å². The van der Waals surface area contributed by atoms with Gasteiger partial charge < -0.3 is 10.2 Å². The van der Waals surface area contributed by atoms with Crippen LogP contribution in [0.5, 0.6) is 5.75 Å². The molecule has 3 heteroatoms. The van der Waals surface area contributed by atoms with Gasteiger partial charge in [-0.1, -0.05) is 26.8 Å². The van der Waals surface area contributed by atoms with Gasteiger partial charge in [-0.05, 0) is 47.9 Å². The zero-order valence-electron chi connectivity index (χ0n) is 11.8. The highest BCUT2D eigenvalue weighted by Gasteiger charge is 2.22. The van der Waals surface area contributed by atoms with E-state index in [2.05, 4.69) is 20.8 Å². The Balaban J connectivity index is 3.25. The second-order valence-electron chi connectivity index (χ2n) is 5.84. The van der Waals surface area contributed by atoms with Crippen molar-refractivity contribution in [2.45, 2.75) is 52.9 Å². The van der Waals surface area contributed by atoms with Crippen molar-refractivity contribution in [1.82, 2.24) is 0 Å². The number of aryl methyl sites for hydroxylation is 1. The maximum absolute atomic E-state index is 10.6. The van der Waals surface area contributed by atoms with Crippen LogP contribution in [0.1, 0.15) is 49.4 Å². The summed E-state index contributed by atoms with van der Waals surface area (Å²) in [6.07, 6.45) is 0.557. The molecule has 0 fully saturated rings. The molecular formula is C15H22O3. The van der Waals surface area contributed by atoms with Gasteiger partial charge in [0.05, 0.1) is 0 Å². The molecule has 1 aromatic carbocycles. The average Bonchev–Trinajstić information content (AvgIpc) is 2.21. The van der Waals surface area contributed by atoms with Gasteiger partial charge >= 0.3 is 5.97 Å². The summed E-state index contributed by atoms with van der Waals surface area (Å²) in [4.78, 5) is 10.6. The Morgan fingerprint density at radius 3 is 2.28 bits per heavy atom. The number of hydrogen-bond donors (Lipinski definition) is 2. The summed E-state index contributed by atoms with van der Waals surface area (Å²) < 4.78 is 0. The standard InChI is InChI=1S/C15H22O3/c1-9-8-12(15(3,4)5)14(18)10(2)11(9)6-7-13(16)17/h8,18H,6-7H2,1-5H3,(H,16,17). The number of carbonyl (C=O) groups is 1. The summed E-state index contributed by atoms with van der Waals surface area (Å²) in [6.45, 7) is 9.99. The molecule has 0 saturated heterocycles. The van der Waals surface area contributed by atoms with Crippen molar-refractivity contribution < 1.29 is 15.0 Å². The van der Waals surface area contributed by atoms with Crippen LogP contribution >= 0.6 is 0 Å². The number of aliphatic carboxylic acids is 1. The lowest BCUT2D eigenvalue weighted by molar-refractivity contribution is -0.136. The molecule has 0 atom stereocenters. The minimum atomic E-state index is -0.812. The smallest absolute Gasteiger partial charge is 0.303 e. The van der Waals surface area contributed by atoms with Crippen LogP contribution in [0.4, 0.5) is 0 Å². The molecule has 100 valence electrons. The third-order valence-corrected chi connectivity index (χ3v) is 3.30. The van der Waals surface area contributed by atoms with Crippen molar-refractivity contribution in [3.05, 3.63) is 28.3 Å². The lowest BCUT2D eigenvalue weighted by atomic mass is 9.82. The first-order chi connectivity index (χ1) is 8.14. The first-order valence-corrected chi connectivity index (χ1v) is 6.19. The molecular weight excluding hydrogens is 228 g/mol. The SMILES string of the molecule is Cc1cc(C(C)(C)C)c(O)c(C)c1CCC(=O)O. The zero-order valence-corrected chi connectivity index (χ0v) is 11.8. The molecule has 0 bridgehead atoms. The van der Waals surface area contributed by atoms with Crippen LogP contribution in [0, 0.1) is 13.8 Å². The molecule has 0 aliphatic heterocycles. The van der Waals surface area contributed by atoms with Gasteiger partial charge in [-0.2, -0.15) is 0 Å². The minimum Gasteiger partial charge on any atom is -0.507 e. The third kappa shape index (κ3) is 3.03. The minimum absolute atomic E-state index is 0.0932. The highest BCUT2D eigenvalue weighted by molar-refractivity contribution is 5.67. The summed E-state index contributed by atoms with van der Waals surface area (Å²) >= 11 is 0. The topological polar surface area (TPSA) is 57.5 Å². The van der Waals surface area contributed by atoms with Crippen LogP contribution in [-0.2, 0) is 16.6 Å². The van der Waals surface area contributed by atoms with Gasteiger partial charge in [0.15, 0.2) is 0 Å². The molecule has 1 aromatic rings. The van der Waals surface area contributed by atoms with E-state index in [0.717, 1.165) is 22.3 Å². The number of carboxylic acids is 1. The number of phenolic OH excluding ortho intramolecular Hbond substituents is 1. The van der Waals surface area contributed by atoms with Crippen molar-refractivity contribution in [3.63, 3.8) is 0 Å². The highest BCUT2D eigenvalue weighted by atomic mass is 16.4. The Bertz CT molecular complexity index is 468. The summed E-state index contributed by atoms with van der Waals surface area (Å²) in [5.74, 6) is -0.512. The molecule has 0 saturated carbocycles. The second kappa shape index (κ2) is 5.01. The molecule has 1 rings (SSSR count). The molecule has 18 heavy (non-hydrogen) atoms. The van der Waals surface area contributed by atoms with Crippen LogP contribution in [0.25, 0.3) is 0 Å². The fourth-order valence-corrected chi connectivity index (χ4v) is 2.20. The van der Waals surface area contributed by atoms with Gasteiger partial charge in [0, 0.05) is 6.42 Å². The lowest BCUT2D eigenvalue weighted by Crippen LogP contribution is -2.13. The molecule has 0 unspecified atom stereocenters. The normalized spacial score (nSPS) is 11.6. The maximum Gasteiger partial charge on any atom is 0.303 e. The maximum atomic E-state index is 10.6. The van der Waals surface area contributed by atoms with E-state index in [9.17, 15) is 9.90 Å². The molecule has 0 heterocycles. The van der Waals surface area contributed by atoms with E-state index >= 15 is 0 Å². The molecule has 2 N–H and O–H groups in total. The van der Waals surface area contributed by atoms with E-state index in [1.165, 1.54) is 0 Å². The first kappa shape index (κ1) is 14.6. The van der Waals surface area contributed by atoms with Crippen LogP contribution < -0.4 is 0 Å². The highest BCUT2D eigenvalue weighted by Crippen LogP contribution is 2.36. The van der Waals surface area contributed by atoms with Gasteiger partial charge in [0.1, 0.15) is 5.75 Å². The monoisotopic (exact) mass is 250 g/mol. The Labute approximate surface area is 108 Å². The average molecular weight is 250 g/mol. The summed E-state index contributed by atoms with van der Waals surface area (Å²) in [5.41, 5.74) is 3.60. The van der Waals surface area contributed by atoms with Gasteiger partial charge in [-0.15, -0.1) is 0 Å². The van der Waals surface area contributed by atoms with Crippen molar-refractivity contribution >= 4 is 5.97 Å². The second-order valence-corrected chi connectivity index (χ2v) is 5.84. The number of phenols is 1. The first-order valence-electron chi connectivity index (χ1n) is 6.19. The third-order valence-electron chi connectivity index (χ3n) is 3.30. The lowest BCUT2D eigenvalue weighted by Gasteiger charge is -2.24. The van der Waals surface area contributed by atoms with Crippen LogP contribution in [-0.4, -0.2) is 16.2 Å². The van der Waals surface area contributed by atoms with E-state index in [0.29, 0.717) is 12.2 Å². The van der Waals surface area contributed by atoms with Crippen molar-refractivity contribution in [3.8, 4) is 5.75 Å². The summed E-state index contributed by atoms with van der Waals surface area (Å²) in [5, 5.41) is 19.0. The van der Waals surface area contributed by atoms with Crippen molar-refractivity contribution in [2.75, 3.05) is 0 Å². The molecule has 0 aliphatic rings. The fourth-order valence-electron chi connectivity index (χ4n) is 2.20.